The van der Waals surface area contributed by atoms with E-state index >= 15 is 0 Å². The van der Waals surface area contributed by atoms with Gasteiger partial charge in [0.15, 0.2) is 5.84 Å². The van der Waals surface area contributed by atoms with Gasteiger partial charge in [-0.2, -0.15) is 8.42 Å². The number of sulfonamides is 1. The first-order valence-corrected chi connectivity index (χ1v) is 10.4. The summed E-state index contributed by atoms with van der Waals surface area (Å²) in [6.07, 6.45) is 1.21. The van der Waals surface area contributed by atoms with Gasteiger partial charge in [0.25, 0.3) is 10.0 Å². The number of benzene rings is 2. The van der Waals surface area contributed by atoms with E-state index in [1.54, 1.807) is 48.5 Å². The molecule has 0 aromatic heterocycles. The molecule has 2 aromatic carbocycles. The summed E-state index contributed by atoms with van der Waals surface area (Å²) >= 11 is 17.9. The van der Waals surface area contributed by atoms with Gasteiger partial charge in [-0.1, -0.05) is 83.3 Å². The monoisotopic (exact) mass is 452 g/mol. The molecule has 0 amide bonds. The first-order chi connectivity index (χ1) is 13.3. The van der Waals surface area contributed by atoms with Gasteiger partial charge < -0.3 is 0 Å². The zero-order valence-corrected chi connectivity index (χ0v) is 17.1. The number of rotatable bonds is 3. The molecule has 0 saturated carbocycles. The molecule has 0 aliphatic heterocycles. The molecule has 0 N–H and O–H groups in total. The first-order valence-electron chi connectivity index (χ1n) is 7.81. The maximum atomic E-state index is 12.7. The quantitative estimate of drug-likeness (QED) is 0.385. The summed E-state index contributed by atoms with van der Waals surface area (Å²) < 4.78 is 29.3. The summed E-state index contributed by atoms with van der Waals surface area (Å²) in [6, 6.07) is 16.2. The lowest BCUT2D eigenvalue weighted by Gasteiger charge is -2.11. The number of carbonyl (C=O) groups excluding carboxylic acids is 1. The fraction of sp³-hybridized carbons (Fsp3) is 0. The van der Waals surface area contributed by atoms with Gasteiger partial charge in [0.2, 0.25) is 5.78 Å². The summed E-state index contributed by atoms with van der Waals surface area (Å²) in [5.74, 6) is -0.764. The van der Waals surface area contributed by atoms with Crippen LogP contribution in [0.25, 0.3) is 0 Å². The van der Waals surface area contributed by atoms with Gasteiger partial charge in [-0.25, -0.2) is 4.99 Å². The van der Waals surface area contributed by atoms with Gasteiger partial charge in [0, 0.05) is 5.56 Å². The Morgan fingerprint density at radius 3 is 2.00 bits per heavy atom. The van der Waals surface area contributed by atoms with Crippen LogP contribution in [0.15, 0.2) is 96.1 Å². The van der Waals surface area contributed by atoms with E-state index in [-0.39, 0.29) is 31.5 Å². The summed E-state index contributed by atoms with van der Waals surface area (Å²) in [6.45, 7) is 0. The largest absolute Gasteiger partial charge is 0.287 e. The molecular weight excluding hydrogens is 443 g/mol. The minimum absolute atomic E-state index is 0.00991. The Labute approximate surface area is 176 Å². The zero-order chi connectivity index (χ0) is 20.3. The highest BCUT2D eigenvalue weighted by Crippen LogP contribution is 2.28. The lowest BCUT2D eigenvalue weighted by Crippen LogP contribution is -2.14. The standard InChI is InChI=1S/C19H11Cl3N2O3S/c20-14-11-15(16(21)17(22)18(14)25)23-19(12-7-3-1-4-8-12)24-28(26,27)13-9-5-2-6-10-13/h1-11H/b23-15?,24-19-. The second-order valence-corrected chi connectivity index (χ2v) is 8.28. The second kappa shape index (κ2) is 8.41. The van der Waals surface area contributed by atoms with Crippen LogP contribution in [-0.4, -0.2) is 25.7 Å². The van der Waals surface area contributed by atoms with E-state index in [1.165, 1.54) is 18.2 Å². The lowest BCUT2D eigenvalue weighted by atomic mass is 10.1. The van der Waals surface area contributed by atoms with Crippen molar-refractivity contribution in [3.8, 4) is 0 Å². The van der Waals surface area contributed by atoms with Gasteiger partial charge in [0.1, 0.15) is 5.03 Å². The van der Waals surface area contributed by atoms with Crippen LogP contribution < -0.4 is 0 Å². The number of hydrogen-bond donors (Lipinski definition) is 0. The van der Waals surface area contributed by atoms with Crippen molar-refractivity contribution in [1.82, 2.24) is 0 Å². The van der Waals surface area contributed by atoms with E-state index in [0.29, 0.717) is 5.56 Å². The van der Waals surface area contributed by atoms with Gasteiger partial charge in [-0.05, 0) is 18.2 Å². The van der Waals surface area contributed by atoms with E-state index in [1.807, 2.05) is 0 Å². The number of Topliss-reactive ketones (excluding diaryl/α,β-unsaturated/α-hetero) is 1. The predicted octanol–water partition coefficient (Wildman–Crippen LogP) is 4.66. The van der Waals surface area contributed by atoms with Gasteiger partial charge in [0.05, 0.1) is 20.7 Å². The van der Waals surface area contributed by atoms with Crippen molar-refractivity contribution in [3.63, 3.8) is 0 Å². The van der Waals surface area contributed by atoms with Crippen LogP contribution in [0.2, 0.25) is 0 Å². The van der Waals surface area contributed by atoms with Gasteiger partial charge in [-0.3, -0.25) is 4.79 Å². The van der Waals surface area contributed by atoms with E-state index in [0.717, 1.165) is 0 Å². The molecule has 0 radical (unpaired) electrons. The Kier molecular flexibility index (Phi) is 6.15. The fourth-order valence-corrected chi connectivity index (χ4v) is 3.85. The molecule has 0 heterocycles. The van der Waals surface area contributed by atoms with Crippen molar-refractivity contribution in [2.75, 3.05) is 0 Å². The maximum Gasteiger partial charge on any atom is 0.284 e. The molecule has 5 nitrogen and oxygen atoms in total. The Balaban J connectivity index is 2.19. The van der Waals surface area contributed by atoms with E-state index in [2.05, 4.69) is 9.39 Å². The van der Waals surface area contributed by atoms with E-state index < -0.39 is 15.8 Å². The molecule has 3 rings (SSSR count). The van der Waals surface area contributed by atoms with Crippen molar-refractivity contribution in [2.45, 2.75) is 4.90 Å². The Hall–Kier alpha value is -2.25. The Morgan fingerprint density at radius 2 is 1.39 bits per heavy atom. The first kappa shape index (κ1) is 20.5. The van der Waals surface area contributed by atoms with Crippen LogP contribution in [0.5, 0.6) is 0 Å². The van der Waals surface area contributed by atoms with Crippen LogP contribution in [0.4, 0.5) is 0 Å². The molecule has 0 fully saturated rings. The lowest BCUT2D eigenvalue weighted by molar-refractivity contribution is -0.111. The minimum atomic E-state index is -4.05. The second-order valence-electron chi connectivity index (χ2n) is 5.52. The molecule has 2 aromatic rings. The molecular formula is C19H11Cl3N2O3S. The van der Waals surface area contributed by atoms with Crippen LogP contribution in [0, 0.1) is 0 Å². The maximum absolute atomic E-state index is 12.7. The van der Waals surface area contributed by atoms with Crippen molar-refractivity contribution in [1.29, 1.82) is 0 Å². The minimum Gasteiger partial charge on any atom is -0.287 e. The summed E-state index contributed by atoms with van der Waals surface area (Å²) in [5, 5.41) is -0.630. The third kappa shape index (κ3) is 4.42. The van der Waals surface area contributed by atoms with Crippen molar-refractivity contribution in [3.05, 3.63) is 87.4 Å². The van der Waals surface area contributed by atoms with Crippen LogP contribution >= 0.6 is 34.8 Å². The summed E-state index contributed by atoms with van der Waals surface area (Å²) in [5.41, 5.74) is 0.457. The van der Waals surface area contributed by atoms with Crippen molar-refractivity contribution >= 4 is 62.2 Å². The highest BCUT2D eigenvalue weighted by atomic mass is 35.5. The number of nitrogens with zero attached hydrogens (tertiary/aromatic N) is 2. The molecule has 9 heteroatoms. The Bertz CT molecular complexity index is 1150. The molecule has 1 aliphatic carbocycles. The highest BCUT2D eigenvalue weighted by molar-refractivity contribution is 7.90. The molecule has 0 unspecified atom stereocenters. The van der Waals surface area contributed by atoms with Gasteiger partial charge in [-0.15, -0.1) is 4.40 Å². The molecule has 0 bridgehead atoms. The zero-order valence-electron chi connectivity index (χ0n) is 14.0. The smallest absolute Gasteiger partial charge is 0.284 e. The Morgan fingerprint density at radius 1 is 0.821 bits per heavy atom. The fourth-order valence-electron chi connectivity index (χ4n) is 2.25. The van der Waals surface area contributed by atoms with Crippen LogP contribution in [0.3, 0.4) is 0 Å². The third-order valence-electron chi connectivity index (χ3n) is 3.60. The average Bonchev–Trinajstić information content (AvgIpc) is 2.71. The normalized spacial score (nSPS) is 17.1. The number of carbonyl (C=O) groups is 1. The topological polar surface area (TPSA) is 75.9 Å². The number of ketones is 1. The number of halogens is 3. The van der Waals surface area contributed by atoms with Crippen LogP contribution in [-0.2, 0) is 14.8 Å². The molecule has 1 aliphatic rings. The van der Waals surface area contributed by atoms with E-state index in [9.17, 15) is 13.2 Å². The average molecular weight is 454 g/mol. The highest BCUT2D eigenvalue weighted by Gasteiger charge is 2.25. The number of hydrogen-bond acceptors (Lipinski definition) is 3. The molecule has 28 heavy (non-hydrogen) atoms. The van der Waals surface area contributed by atoms with E-state index in [4.69, 9.17) is 34.8 Å². The third-order valence-corrected chi connectivity index (χ3v) is 6.01. The van der Waals surface area contributed by atoms with Crippen LogP contribution in [0.1, 0.15) is 5.56 Å². The summed E-state index contributed by atoms with van der Waals surface area (Å²) in [4.78, 5) is 16.0. The number of allylic oxidation sites excluding steroid dienone is 4. The van der Waals surface area contributed by atoms with Gasteiger partial charge >= 0.3 is 0 Å². The SMILES string of the molecule is O=C1C(Cl)=CC(=N/C(=N\S(=O)(=O)c2ccccc2)c2ccccc2)C(Cl)=C1Cl. The summed E-state index contributed by atoms with van der Waals surface area (Å²) in [7, 11) is -4.05. The van der Waals surface area contributed by atoms with Crippen molar-refractivity contribution in [2.24, 2.45) is 9.39 Å². The molecule has 0 atom stereocenters. The molecule has 0 spiro atoms. The van der Waals surface area contributed by atoms with Crippen molar-refractivity contribution < 1.29 is 13.2 Å². The molecule has 142 valence electrons. The predicted molar refractivity (Wildman–Crippen MR) is 112 cm³/mol. The number of amidine groups is 1. The molecule has 0 saturated heterocycles. The number of aliphatic imine (C=N–C) groups is 1.